The fourth-order valence-corrected chi connectivity index (χ4v) is 3.45. The van der Waals surface area contributed by atoms with Crippen molar-refractivity contribution in [2.75, 3.05) is 32.5 Å². The summed E-state index contributed by atoms with van der Waals surface area (Å²) in [5.74, 6) is 7.29. The number of ether oxygens (including phenoxy) is 1. The summed E-state index contributed by atoms with van der Waals surface area (Å²) >= 11 is 1.62. The zero-order chi connectivity index (χ0) is 15.4. The van der Waals surface area contributed by atoms with Gasteiger partial charge in [-0.1, -0.05) is 24.0 Å². The van der Waals surface area contributed by atoms with Crippen LogP contribution in [0, 0.1) is 11.8 Å². The number of nitrogens with zero attached hydrogens (tertiary/aromatic N) is 2. The van der Waals surface area contributed by atoms with E-state index in [4.69, 9.17) is 10.5 Å². The molecule has 0 radical (unpaired) electrons. The summed E-state index contributed by atoms with van der Waals surface area (Å²) in [4.78, 5) is 8.11. The standard InChI is InChI=1S/C17H19N3OS/c1-21-15-7-3-2-5-13(15)6-4-10-20-11-8-14-16(9-12-20)22-17(18)19-14/h2-3,5,7H,8-12H2,1H3,(H2,18,19). The second kappa shape index (κ2) is 6.82. The van der Waals surface area contributed by atoms with E-state index in [0.29, 0.717) is 5.13 Å². The molecule has 2 heterocycles. The van der Waals surface area contributed by atoms with Crippen molar-refractivity contribution in [3.8, 4) is 17.6 Å². The topological polar surface area (TPSA) is 51.4 Å². The lowest BCUT2D eigenvalue weighted by Crippen LogP contribution is -2.26. The molecule has 0 saturated heterocycles. The minimum absolute atomic E-state index is 0.689. The predicted octanol–water partition coefficient (Wildman–Crippen LogP) is 2.19. The summed E-state index contributed by atoms with van der Waals surface area (Å²) in [6.07, 6.45) is 1.97. The number of thiazole rings is 1. The van der Waals surface area contributed by atoms with Gasteiger partial charge in [0.05, 0.1) is 24.9 Å². The van der Waals surface area contributed by atoms with Crippen molar-refractivity contribution in [2.45, 2.75) is 12.8 Å². The van der Waals surface area contributed by atoms with Crippen LogP contribution in [0.4, 0.5) is 5.13 Å². The molecule has 5 heteroatoms. The first-order valence-electron chi connectivity index (χ1n) is 7.34. The number of benzene rings is 1. The van der Waals surface area contributed by atoms with E-state index in [-0.39, 0.29) is 0 Å². The van der Waals surface area contributed by atoms with Gasteiger partial charge in [0, 0.05) is 24.4 Å². The third kappa shape index (κ3) is 3.41. The highest BCUT2D eigenvalue weighted by atomic mass is 32.1. The van der Waals surface area contributed by atoms with Gasteiger partial charge in [0.25, 0.3) is 0 Å². The molecule has 0 aliphatic carbocycles. The Morgan fingerprint density at radius 3 is 3.00 bits per heavy atom. The Morgan fingerprint density at radius 2 is 2.14 bits per heavy atom. The molecule has 3 rings (SSSR count). The normalized spacial score (nSPS) is 14.6. The molecule has 0 fully saturated rings. The lowest BCUT2D eigenvalue weighted by molar-refractivity contribution is 0.323. The minimum Gasteiger partial charge on any atom is -0.495 e. The van der Waals surface area contributed by atoms with Gasteiger partial charge in [0.2, 0.25) is 0 Å². The molecule has 1 aliphatic rings. The number of rotatable bonds is 2. The Balaban J connectivity index is 1.61. The van der Waals surface area contributed by atoms with Gasteiger partial charge in [-0.2, -0.15) is 0 Å². The van der Waals surface area contributed by atoms with E-state index >= 15 is 0 Å². The molecule has 0 bridgehead atoms. The Hall–Kier alpha value is -2.03. The highest BCUT2D eigenvalue weighted by Crippen LogP contribution is 2.24. The number of methoxy groups -OCH3 is 1. The van der Waals surface area contributed by atoms with Gasteiger partial charge >= 0.3 is 0 Å². The number of hydrogen-bond donors (Lipinski definition) is 1. The van der Waals surface area contributed by atoms with Gasteiger partial charge in [0.15, 0.2) is 5.13 Å². The molecule has 1 aromatic heterocycles. The van der Waals surface area contributed by atoms with Crippen LogP contribution >= 0.6 is 11.3 Å². The van der Waals surface area contributed by atoms with Crippen LogP contribution in [0.3, 0.4) is 0 Å². The van der Waals surface area contributed by atoms with Crippen molar-refractivity contribution >= 4 is 16.5 Å². The summed E-state index contributed by atoms with van der Waals surface area (Å²) in [5.41, 5.74) is 7.88. The average Bonchev–Trinajstić information content (AvgIpc) is 2.79. The largest absolute Gasteiger partial charge is 0.495 e. The molecular weight excluding hydrogens is 294 g/mol. The molecule has 0 saturated carbocycles. The molecule has 22 heavy (non-hydrogen) atoms. The van der Waals surface area contributed by atoms with Gasteiger partial charge in [-0.3, -0.25) is 4.90 Å². The molecule has 0 spiro atoms. The quantitative estimate of drug-likeness (QED) is 0.864. The van der Waals surface area contributed by atoms with Crippen molar-refractivity contribution in [1.82, 2.24) is 9.88 Å². The SMILES string of the molecule is COc1ccccc1C#CCN1CCc2nc(N)sc2CC1. The van der Waals surface area contributed by atoms with Gasteiger partial charge < -0.3 is 10.5 Å². The van der Waals surface area contributed by atoms with Crippen molar-refractivity contribution in [3.63, 3.8) is 0 Å². The zero-order valence-electron chi connectivity index (χ0n) is 12.6. The summed E-state index contributed by atoms with van der Waals surface area (Å²) < 4.78 is 5.32. The van der Waals surface area contributed by atoms with Crippen LogP contribution in [0.2, 0.25) is 0 Å². The molecule has 0 atom stereocenters. The van der Waals surface area contributed by atoms with Crippen molar-refractivity contribution in [2.24, 2.45) is 0 Å². The number of nitrogen functional groups attached to an aromatic ring is 1. The van der Waals surface area contributed by atoms with Crippen LogP contribution in [0.15, 0.2) is 24.3 Å². The third-order valence-electron chi connectivity index (χ3n) is 3.75. The monoisotopic (exact) mass is 313 g/mol. The molecule has 4 nitrogen and oxygen atoms in total. The van der Waals surface area contributed by atoms with Crippen LogP contribution in [0.25, 0.3) is 0 Å². The molecule has 1 aliphatic heterocycles. The molecule has 2 aromatic rings. The van der Waals surface area contributed by atoms with E-state index in [2.05, 4.69) is 21.7 Å². The first-order valence-corrected chi connectivity index (χ1v) is 8.16. The Labute approximate surface area is 134 Å². The van der Waals surface area contributed by atoms with Crippen LogP contribution in [0.1, 0.15) is 16.1 Å². The van der Waals surface area contributed by atoms with Crippen molar-refractivity contribution in [1.29, 1.82) is 0 Å². The molecular formula is C17H19N3OS. The second-order valence-corrected chi connectivity index (χ2v) is 6.32. The van der Waals surface area contributed by atoms with Crippen molar-refractivity contribution < 1.29 is 4.74 Å². The number of aromatic nitrogens is 1. The number of anilines is 1. The van der Waals surface area contributed by atoms with E-state index in [9.17, 15) is 0 Å². The second-order valence-electron chi connectivity index (χ2n) is 5.20. The molecule has 114 valence electrons. The van der Waals surface area contributed by atoms with E-state index < -0.39 is 0 Å². The highest BCUT2D eigenvalue weighted by Gasteiger charge is 2.16. The maximum atomic E-state index is 5.78. The van der Waals surface area contributed by atoms with Crippen LogP contribution < -0.4 is 10.5 Å². The maximum absolute atomic E-state index is 5.78. The molecule has 2 N–H and O–H groups in total. The molecule has 1 aromatic carbocycles. The van der Waals surface area contributed by atoms with Gasteiger partial charge in [-0.25, -0.2) is 4.98 Å². The number of fused-ring (bicyclic) bond motifs is 1. The fourth-order valence-electron chi connectivity index (χ4n) is 2.58. The Morgan fingerprint density at radius 1 is 1.32 bits per heavy atom. The fraction of sp³-hybridized carbons (Fsp3) is 0.353. The first-order chi connectivity index (χ1) is 10.8. The van der Waals surface area contributed by atoms with Gasteiger partial charge in [-0.05, 0) is 18.6 Å². The third-order valence-corrected chi connectivity index (χ3v) is 4.73. The summed E-state index contributed by atoms with van der Waals surface area (Å²) in [5, 5.41) is 0.689. The number of nitrogens with two attached hydrogens (primary N) is 1. The molecule has 0 amide bonds. The average molecular weight is 313 g/mol. The number of hydrogen-bond acceptors (Lipinski definition) is 5. The summed E-state index contributed by atoms with van der Waals surface area (Å²) in [7, 11) is 1.67. The van der Waals surface area contributed by atoms with Crippen LogP contribution in [0.5, 0.6) is 5.75 Å². The van der Waals surface area contributed by atoms with E-state index in [0.717, 1.165) is 43.8 Å². The Bertz CT molecular complexity index is 689. The van der Waals surface area contributed by atoms with Gasteiger partial charge in [0.1, 0.15) is 5.75 Å². The van der Waals surface area contributed by atoms with Gasteiger partial charge in [-0.15, -0.1) is 11.3 Å². The predicted molar refractivity (Wildman–Crippen MR) is 90.2 cm³/mol. The smallest absolute Gasteiger partial charge is 0.180 e. The van der Waals surface area contributed by atoms with Crippen molar-refractivity contribution in [3.05, 3.63) is 40.4 Å². The van der Waals surface area contributed by atoms with E-state index in [1.165, 1.54) is 10.6 Å². The zero-order valence-corrected chi connectivity index (χ0v) is 13.4. The lowest BCUT2D eigenvalue weighted by Gasteiger charge is -2.15. The number of para-hydroxylation sites is 1. The minimum atomic E-state index is 0.689. The Kier molecular flexibility index (Phi) is 4.62. The lowest BCUT2D eigenvalue weighted by atomic mass is 10.2. The van der Waals surface area contributed by atoms with E-state index in [1.807, 2.05) is 24.3 Å². The first kappa shape index (κ1) is 14.9. The summed E-state index contributed by atoms with van der Waals surface area (Å²) in [6, 6.07) is 7.85. The molecule has 0 unspecified atom stereocenters. The van der Waals surface area contributed by atoms with E-state index in [1.54, 1.807) is 18.4 Å². The highest BCUT2D eigenvalue weighted by molar-refractivity contribution is 7.15. The maximum Gasteiger partial charge on any atom is 0.180 e. The van der Waals surface area contributed by atoms with Crippen LogP contribution in [-0.2, 0) is 12.8 Å². The summed E-state index contributed by atoms with van der Waals surface area (Å²) in [6.45, 7) is 2.76. The van der Waals surface area contributed by atoms with Crippen LogP contribution in [-0.4, -0.2) is 36.6 Å².